The first-order chi connectivity index (χ1) is 25.9. The minimum atomic E-state index is -1.35. The lowest BCUT2D eigenvalue weighted by Crippen LogP contribution is -2.68. The molecule has 18 heteroatoms. The fourth-order valence-corrected chi connectivity index (χ4v) is 7.52. The van der Waals surface area contributed by atoms with Gasteiger partial charge in [0.15, 0.2) is 6.29 Å². The van der Waals surface area contributed by atoms with Crippen LogP contribution >= 0.6 is 11.8 Å². The molecule has 0 bridgehead atoms. The van der Waals surface area contributed by atoms with Gasteiger partial charge in [0.1, 0.15) is 55.7 Å². The number of imide groups is 1. The number of aliphatic hydroxyl groups excluding tert-OH is 2. The molecule has 296 valence electrons. The highest BCUT2D eigenvalue weighted by Gasteiger charge is 2.50. The van der Waals surface area contributed by atoms with E-state index in [1.165, 1.54) is 35.4 Å². The first-order valence-electron chi connectivity index (χ1n) is 17.8. The topological polar surface area (TPSA) is 217 Å². The van der Waals surface area contributed by atoms with Gasteiger partial charge in [0.2, 0.25) is 23.6 Å². The minimum absolute atomic E-state index is 0.0406. The van der Waals surface area contributed by atoms with Crippen LogP contribution in [0.3, 0.4) is 0 Å². The van der Waals surface area contributed by atoms with Crippen LogP contribution in [-0.2, 0) is 52.5 Å². The number of hydrogen-bond donors (Lipinski definition) is 3. The number of likely N-dealkylation sites (tertiary alicyclic amines) is 1. The molecule has 7 atom stereocenters. The molecule has 2 unspecified atom stereocenters. The van der Waals surface area contributed by atoms with Crippen LogP contribution in [0.15, 0.2) is 24.3 Å². The maximum atomic E-state index is 12.5. The third kappa shape index (κ3) is 10.9. The first-order valence-corrected chi connectivity index (χ1v) is 18.9. The van der Waals surface area contributed by atoms with E-state index in [0.29, 0.717) is 5.75 Å². The van der Waals surface area contributed by atoms with Gasteiger partial charge >= 0.3 is 5.97 Å². The molecule has 0 aromatic heterocycles. The molecule has 3 aliphatic heterocycles. The number of carbonyl (C=O) groups is 6. The second-order valence-electron chi connectivity index (χ2n) is 13.2. The summed E-state index contributed by atoms with van der Waals surface area (Å²) in [5.41, 5.74) is 1.84. The number of ketones is 1. The van der Waals surface area contributed by atoms with Gasteiger partial charge in [-0.3, -0.25) is 33.7 Å². The molecule has 17 nitrogen and oxygen atoms in total. The summed E-state index contributed by atoms with van der Waals surface area (Å²) in [6.07, 6.45) is -0.503. The zero-order valence-electron chi connectivity index (χ0n) is 30.2. The van der Waals surface area contributed by atoms with E-state index < -0.39 is 47.8 Å². The molecular formula is C36H47N3O14S. The molecule has 3 N–H and O–H groups in total. The van der Waals surface area contributed by atoms with E-state index in [4.69, 9.17) is 28.4 Å². The van der Waals surface area contributed by atoms with Crippen molar-refractivity contribution >= 4 is 53.2 Å². The number of nitrogens with zero attached hydrogens (tertiary/aromatic N) is 2. The van der Waals surface area contributed by atoms with Gasteiger partial charge in [-0.05, 0) is 30.2 Å². The number of rotatable bonds is 19. The quantitative estimate of drug-likeness (QED) is 0.0909. The molecule has 5 rings (SSSR count). The van der Waals surface area contributed by atoms with Crippen molar-refractivity contribution < 1.29 is 67.4 Å². The molecule has 0 spiro atoms. The van der Waals surface area contributed by atoms with Crippen LogP contribution in [0.1, 0.15) is 43.7 Å². The van der Waals surface area contributed by atoms with Crippen molar-refractivity contribution in [2.24, 2.45) is 0 Å². The standard InChI is InChI=1S/C36H47N3O14S/c1-21(40)20-54-28-17-30(43)39(35(28)47)8-9-50-25-5-6-26-23(15-25)3-4-24(26)16-31(44)51-14-13-48-11-12-49-19-29(42)37-18-27-33(45)34(46)32-36(53-27)52-10-7-38(32)22(2)41/h3-6,15,24,27-28,32-34,36,45-46H,7-14,16-20H2,1-2H3,(H,37,42)/t24?,27-,28?,32-,33+,34-,36+/m1/s1. The van der Waals surface area contributed by atoms with Crippen molar-refractivity contribution in [2.45, 2.75) is 68.5 Å². The number of thioether (sulfide) groups is 1. The molecule has 3 heterocycles. The van der Waals surface area contributed by atoms with E-state index in [-0.39, 0.29) is 114 Å². The summed E-state index contributed by atoms with van der Waals surface area (Å²) in [5, 5.41) is 23.2. The number of Topliss-reactive ketones (excluding diaryl/α,β-unsaturated/α-hetero) is 1. The third-order valence-electron chi connectivity index (χ3n) is 9.27. The summed E-state index contributed by atoms with van der Waals surface area (Å²) >= 11 is 1.19. The number of carbonyl (C=O) groups excluding carboxylic acids is 6. The van der Waals surface area contributed by atoms with Crippen LogP contribution in [0.5, 0.6) is 5.75 Å². The predicted molar refractivity (Wildman–Crippen MR) is 190 cm³/mol. The fraction of sp³-hybridized carbons (Fsp3) is 0.611. The van der Waals surface area contributed by atoms with Gasteiger partial charge in [0, 0.05) is 32.4 Å². The van der Waals surface area contributed by atoms with Gasteiger partial charge in [-0.25, -0.2) is 0 Å². The monoisotopic (exact) mass is 777 g/mol. The molecule has 3 fully saturated rings. The fourth-order valence-electron chi connectivity index (χ4n) is 6.56. The van der Waals surface area contributed by atoms with Gasteiger partial charge in [0.25, 0.3) is 0 Å². The van der Waals surface area contributed by atoms with Crippen molar-refractivity contribution in [3.05, 3.63) is 35.4 Å². The van der Waals surface area contributed by atoms with Crippen LogP contribution < -0.4 is 10.1 Å². The van der Waals surface area contributed by atoms with Crippen LogP contribution in [0.2, 0.25) is 0 Å². The zero-order chi connectivity index (χ0) is 38.8. The van der Waals surface area contributed by atoms with E-state index in [9.17, 15) is 39.0 Å². The molecule has 1 aromatic carbocycles. The second kappa shape index (κ2) is 19.6. The lowest BCUT2D eigenvalue weighted by atomic mass is 9.94. The Bertz CT molecular complexity index is 1570. The summed E-state index contributed by atoms with van der Waals surface area (Å²) in [4.78, 5) is 75.3. The Labute approximate surface area is 316 Å². The molecule has 4 aliphatic rings. The zero-order valence-corrected chi connectivity index (χ0v) is 31.0. The van der Waals surface area contributed by atoms with Gasteiger partial charge in [-0.1, -0.05) is 18.2 Å². The van der Waals surface area contributed by atoms with Crippen molar-refractivity contribution in [2.75, 3.05) is 71.6 Å². The molecule has 54 heavy (non-hydrogen) atoms. The maximum absolute atomic E-state index is 12.5. The molecule has 3 saturated heterocycles. The third-order valence-corrected chi connectivity index (χ3v) is 10.6. The number of hydrogen-bond acceptors (Lipinski definition) is 15. The minimum Gasteiger partial charge on any atom is -0.492 e. The molecular weight excluding hydrogens is 730 g/mol. The summed E-state index contributed by atoms with van der Waals surface area (Å²) in [6, 6.07) is 4.64. The van der Waals surface area contributed by atoms with Crippen LogP contribution in [0, 0.1) is 0 Å². The van der Waals surface area contributed by atoms with Crippen LogP contribution in [0.25, 0.3) is 6.08 Å². The molecule has 1 aliphatic carbocycles. The molecule has 1 aromatic rings. The van der Waals surface area contributed by atoms with Crippen molar-refractivity contribution in [1.82, 2.24) is 15.1 Å². The lowest BCUT2D eigenvalue weighted by Gasteiger charge is -2.49. The average molecular weight is 778 g/mol. The van der Waals surface area contributed by atoms with Crippen molar-refractivity contribution in [3.8, 4) is 5.75 Å². The van der Waals surface area contributed by atoms with Gasteiger partial charge in [-0.15, -0.1) is 11.8 Å². The van der Waals surface area contributed by atoms with Crippen LogP contribution in [0.4, 0.5) is 0 Å². The molecule has 0 saturated carbocycles. The Morgan fingerprint density at radius 2 is 1.80 bits per heavy atom. The number of nitrogens with one attached hydrogen (secondary N) is 1. The number of esters is 1. The molecule has 4 amide bonds. The summed E-state index contributed by atoms with van der Waals surface area (Å²) in [5.74, 6) is -1.16. The number of benzene rings is 1. The molecule has 0 radical (unpaired) electrons. The van der Waals surface area contributed by atoms with Gasteiger partial charge < -0.3 is 48.9 Å². The largest absolute Gasteiger partial charge is 0.492 e. The van der Waals surface area contributed by atoms with E-state index in [1.807, 2.05) is 24.3 Å². The van der Waals surface area contributed by atoms with Gasteiger partial charge in [0.05, 0.1) is 50.4 Å². The van der Waals surface area contributed by atoms with E-state index in [0.717, 1.165) is 11.1 Å². The van der Waals surface area contributed by atoms with Crippen molar-refractivity contribution in [3.63, 3.8) is 0 Å². The Kier molecular flexibility index (Phi) is 15.0. The summed E-state index contributed by atoms with van der Waals surface area (Å²) in [7, 11) is 0. The highest BCUT2D eigenvalue weighted by atomic mass is 32.2. The number of allylic oxidation sites excluding steroid dienone is 1. The highest BCUT2D eigenvalue weighted by molar-refractivity contribution is 8.01. The SMILES string of the molecule is CC(=O)CSC1CC(=O)N(CCOc2ccc3c(c2)C=CC3CC(=O)OCCOCCOCC(=O)NC[C@H]2O[C@@H]3OCCN(C(C)=O)[C@@H]3[C@@H](O)[C@H]2O)C1=O. The average Bonchev–Trinajstić information content (AvgIpc) is 3.66. The summed E-state index contributed by atoms with van der Waals surface area (Å²) in [6.45, 7) is 3.60. The maximum Gasteiger partial charge on any atom is 0.306 e. The normalized spacial score (nSPS) is 26.0. The number of amides is 4. The van der Waals surface area contributed by atoms with E-state index >= 15 is 0 Å². The van der Waals surface area contributed by atoms with Crippen molar-refractivity contribution in [1.29, 1.82) is 0 Å². The lowest BCUT2D eigenvalue weighted by molar-refractivity contribution is -0.296. The number of morpholine rings is 1. The number of ether oxygens (including phenoxy) is 6. The Morgan fingerprint density at radius 3 is 2.57 bits per heavy atom. The predicted octanol–water partition coefficient (Wildman–Crippen LogP) is -0.598. The highest BCUT2D eigenvalue weighted by Crippen LogP contribution is 2.35. The number of aliphatic hydroxyl groups is 2. The number of fused-ring (bicyclic) bond motifs is 2. The smallest absolute Gasteiger partial charge is 0.306 e. The second-order valence-corrected chi connectivity index (χ2v) is 14.4. The van der Waals surface area contributed by atoms with Gasteiger partial charge in [-0.2, -0.15) is 0 Å². The first kappa shape index (κ1) is 41.3. The summed E-state index contributed by atoms with van der Waals surface area (Å²) < 4.78 is 33.1. The van der Waals surface area contributed by atoms with E-state index in [1.54, 1.807) is 6.07 Å². The Balaban J connectivity index is 0.899. The van der Waals surface area contributed by atoms with E-state index in [2.05, 4.69) is 5.32 Å². The van der Waals surface area contributed by atoms with Crippen LogP contribution in [-0.4, -0.2) is 163 Å². The Hall–Kier alpha value is -3.91. The Morgan fingerprint density at radius 1 is 1.02 bits per heavy atom.